The summed E-state index contributed by atoms with van der Waals surface area (Å²) in [7, 11) is 0. The molecule has 2 heterocycles. The summed E-state index contributed by atoms with van der Waals surface area (Å²) in [5.41, 5.74) is -0.504. The highest BCUT2D eigenvalue weighted by Gasteiger charge is 2.44. The van der Waals surface area contributed by atoms with Crippen molar-refractivity contribution in [1.82, 2.24) is 4.90 Å². The molecular formula is C18H31NO4. The van der Waals surface area contributed by atoms with Gasteiger partial charge in [0.05, 0.1) is 25.3 Å². The number of ether oxygens (including phenoxy) is 2. The maximum Gasteiger partial charge on any atom is 0.410 e. The molecule has 0 N–H and O–H groups in total. The molecule has 0 spiro atoms. The van der Waals surface area contributed by atoms with Crippen LogP contribution in [0.25, 0.3) is 0 Å². The van der Waals surface area contributed by atoms with Gasteiger partial charge in [-0.05, 0) is 46.0 Å². The maximum atomic E-state index is 12.5. The van der Waals surface area contributed by atoms with Gasteiger partial charge in [-0.3, -0.25) is 9.69 Å². The zero-order valence-corrected chi connectivity index (χ0v) is 15.1. The van der Waals surface area contributed by atoms with E-state index in [2.05, 4.69) is 13.8 Å². The van der Waals surface area contributed by atoms with Crippen molar-refractivity contribution >= 4 is 11.9 Å². The van der Waals surface area contributed by atoms with Gasteiger partial charge in [-0.25, -0.2) is 4.79 Å². The molecular weight excluding hydrogens is 294 g/mol. The van der Waals surface area contributed by atoms with Gasteiger partial charge in [0.1, 0.15) is 11.4 Å². The van der Waals surface area contributed by atoms with E-state index in [1.807, 2.05) is 25.7 Å². The van der Waals surface area contributed by atoms with Gasteiger partial charge in [-0.2, -0.15) is 0 Å². The van der Waals surface area contributed by atoms with E-state index in [0.29, 0.717) is 44.2 Å². The van der Waals surface area contributed by atoms with Crippen LogP contribution in [0.3, 0.4) is 0 Å². The lowest BCUT2D eigenvalue weighted by molar-refractivity contribution is -0.132. The first-order valence-corrected chi connectivity index (χ1v) is 8.79. The third kappa shape index (κ3) is 4.93. The van der Waals surface area contributed by atoms with Crippen molar-refractivity contribution in [3.05, 3.63) is 0 Å². The normalized spacial score (nSPS) is 27.9. The molecule has 0 saturated carbocycles. The SMILES string of the molecule is CC(C)CCC(=O)C1CC2COCC(C1)N2C(=O)OC(C)(C)C. The second-order valence-electron chi connectivity index (χ2n) is 8.30. The molecule has 2 bridgehead atoms. The van der Waals surface area contributed by atoms with E-state index in [0.717, 1.165) is 6.42 Å². The van der Waals surface area contributed by atoms with E-state index in [4.69, 9.17) is 9.47 Å². The number of fused-ring (bicyclic) bond motifs is 2. The molecule has 0 aliphatic carbocycles. The van der Waals surface area contributed by atoms with E-state index in [1.54, 1.807) is 0 Å². The lowest BCUT2D eigenvalue weighted by Gasteiger charge is -2.47. The number of carbonyl (C=O) groups is 2. The highest BCUT2D eigenvalue weighted by Crippen LogP contribution is 2.34. The molecule has 23 heavy (non-hydrogen) atoms. The lowest BCUT2D eigenvalue weighted by atomic mass is 9.81. The van der Waals surface area contributed by atoms with Crippen molar-refractivity contribution in [1.29, 1.82) is 0 Å². The molecule has 0 aromatic carbocycles. The van der Waals surface area contributed by atoms with Crippen LogP contribution in [-0.2, 0) is 14.3 Å². The van der Waals surface area contributed by atoms with Crippen LogP contribution in [0.1, 0.15) is 60.3 Å². The number of morpholine rings is 1. The van der Waals surface area contributed by atoms with Crippen molar-refractivity contribution in [2.75, 3.05) is 13.2 Å². The Morgan fingerprint density at radius 3 is 2.22 bits per heavy atom. The first-order valence-electron chi connectivity index (χ1n) is 8.79. The number of rotatable bonds is 4. The fourth-order valence-corrected chi connectivity index (χ4v) is 3.43. The minimum Gasteiger partial charge on any atom is -0.444 e. The Morgan fingerprint density at radius 2 is 1.74 bits per heavy atom. The number of hydrogen-bond acceptors (Lipinski definition) is 4. The molecule has 1 amide bonds. The number of nitrogens with zero attached hydrogens (tertiary/aromatic N) is 1. The standard InChI is InChI=1S/C18H31NO4/c1-12(2)6-7-16(20)13-8-14-10-22-11-15(9-13)19(14)17(21)23-18(3,4)5/h12-15H,6-11H2,1-5H3. The Hall–Kier alpha value is -1.10. The molecule has 132 valence electrons. The zero-order valence-electron chi connectivity index (χ0n) is 15.1. The summed E-state index contributed by atoms with van der Waals surface area (Å²) >= 11 is 0. The molecule has 2 saturated heterocycles. The van der Waals surface area contributed by atoms with Crippen LogP contribution >= 0.6 is 0 Å². The average Bonchev–Trinajstić information content (AvgIpc) is 2.41. The number of amides is 1. The Balaban J connectivity index is 2.00. The third-order valence-electron chi connectivity index (χ3n) is 4.55. The van der Waals surface area contributed by atoms with Crippen LogP contribution in [0.15, 0.2) is 0 Å². The largest absolute Gasteiger partial charge is 0.444 e. The molecule has 2 aliphatic rings. The molecule has 0 aromatic heterocycles. The number of piperidine rings is 1. The van der Waals surface area contributed by atoms with Crippen LogP contribution in [-0.4, -0.2) is 47.7 Å². The predicted octanol–water partition coefficient (Wildman–Crippen LogP) is 3.41. The number of ketones is 1. The van der Waals surface area contributed by atoms with Crippen molar-refractivity contribution in [2.24, 2.45) is 11.8 Å². The molecule has 2 aliphatic heterocycles. The minimum absolute atomic E-state index is 0.0367. The molecule has 0 radical (unpaired) electrons. The lowest BCUT2D eigenvalue weighted by Crippen LogP contribution is -2.60. The Bertz CT molecular complexity index is 427. The van der Waals surface area contributed by atoms with E-state index < -0.39 is 5.60 Å². The second-order valence-corrected chi connectivity index (χ2v) is 8.30. The first kappa shape index (κ1) is 18.2. The summed E-state index contributed by atoms with van der Waals surface area (Å²) in [6.07, 6.45) is 2.72. The predicted molar refractivity (Wildman–Crippen MR) is 88.3 cm³/mol. The molecule has 2 fully saturated rings. The van der Waals surface area contributed by atoms with Crippen LogP contribution in [0.5, 0.6) is 0 Å². The first-order chi connectivity index (χ1) is 10.7. The van der Waals surface area contributed by atoms with E-state index >= 15 is 0 Å². The Kier molecular flexibility index (Phi) is 5.71. The van der Waals surface area contributed by atoms with Crippen molar-refractivity contribution in [3.8, 4) is 0 Å². The fraction of sp³-hybridized carbons (Fsp3) is 0.889. The van der Waals surface area contributed by atoms with E-state index in [-0.39, 0.29) is 24.1 Å². The molecule has 2 rings (SSSR count). The average molecular weight is 325 g/mol. The molecule has 5 heteroatoms. The van der Waals surface area contributed by atoms with Gasteiger partial charge in [0, 0.05) is 12.3 Å². The second kappa shape index (κ2) is 7.20. The van der Waals surface area contributed by atoms with Gasteiger partial charge in [0.25, 0.3) is 0 Å². The molecule has 2 unspecified atom stereocenters. The van der Waals surface area contributed by atoms with Gasteiger partial charge < -0.3 is 9.47 Å². The summed E-state index contributed by atoms with van der Waals surface area (Å²) in [5.74, 6) is 0.953. The number of hydrogen-bond donors (Lipinski definition) is 0. The topological polar surface area (TPSA) is 55.8 Å². The summed E-state index contributed by atoms with van der Waals surface area (Å²) in [6.45, 7) is 10.9. The van der Waals surface area contributed by atoms with Gasteiger partial charge in [0.15, 0.2) is 0 Å². The van der Waals surface area contributed by atoms with Crippen LogP contribution in [0.4, 0.5) is 4.79 Å². The monoisotopic (exact) mass is 325 g/mol. The number of Topliss-reactive ketones (excluding diaryl/α,β-unsaturated/α-hetero) is 1. The fourth-order valence-electron chi connectivity index (χ4n) is 3.43. The van der Waals surface area contributed by atoms with Crippen LogP contribution in [0.2, 0.25) is 0 Å². The van der Waals surface area contributed by atoms with Crippen molar-refractivity contribution < 1.29 is 19.1 Å². The third-order valence-corrected chi connectivity index (χ3v) is 4.55. The molecule has 5 nitrogen and oxygen atoms in total. The number of carbonyl (C=O) groups excluding carboxylic acids is 2. The highest BCUT2D eigenvalue weighted by atomic mass is 16.6. The minimum atomic E-state index is -0.504. The zero-order chi connectivity index (χ0) is 17.2. The quantitative estimate of drug-likeness (QED) is 0.795. The van der Waals surface area contributed by atoms with Crippen LogP contribution in [0, 0.1) is 11.8 Å². The van der Waals surface area contributed by atoms with Gasteiger partial charge in [-0.1, -0.05) is 13.8 Å². The van der Waals surface area contributed by atoms with Gasteiger partial charge in [0.2, 0.25) is 0 Å². The van der Waals surface area contributed by atoms with Gasteiger partial charge >= 0.3 is 6.09 Å². The summed E-state index contributed by atoms with van der Waals surface area (Å²) in [6, 6.07) is -0.0734. The molecule has 2 atom stereocenters. The van der Waals surface area contributed by atoms with E-state index in [1.165, 1.54) is 0 Å². The Labute approximate surface area is 139 Å². The summed E-state index contributed by atoms with van der Waals surface area (Å²) in [4.78, 5) is 26.8. The van der Waals surface area contributed by atoms with Crippen molar-refractivity contribution in [2.45, 2.75) is 78.0 Å². The van der Waals surface area contributed by atoms with Crippen LogP contribution < -0.4 is 0 Å². The smallest absolute Gasteiger partial charge is 0.410 e. The van der Waals surface area contributed by atoms with Gasteiger partial charge in [-0.15, -0.1) is 0 Å². The maximum absolute atomic E-state index is 12.5. The van der Waals surface area contributed by atoms with E-state index in [9.17, 15) is 9.59 Å². The van der Waals surface area contributed by atoms with Crippen molar-refractivity contribution in [3.63, 3.8) is 0 Å². The Morgan fingerprint density at radius 1 is 1.17 bits per heavy atom. The summed E-state index contributed by atoms with van der Waals surface area (Å²) < 4.78 is 11.1. The summed E-state index contributed by atoms with van der Waals surface area (Å²) in [5, 5.41) is 0. The highest BCUT2D eigenvalue weighted by molar-refractivity contribution is 5.81. The molecule has 0 aromatic rings.